The van der Waals surface area contributed by atoms with E-state index >= 15 is 0 Å². The first kappa shape index (κ1) is 12.6. The minimum atomic E-state index is -1.05. The number of aryl methyl sites for hydroxylation is 1. The smallest absolute Gasteiger partial charge is 0.358 e. The van der Waals surface area contributed by atoms with Crippen molar-refractivity contribution in [1.82, 2.24) is 9.97 Å². The van der Waals surface area contributed by atoms with Gasteiger partial charge in [0.2, 0.25) is 0 Å². The third-order valence-corrected chi connectivity index (χ3v) is 3.63. The lowest BCUT2D eigenvalue weighted by Crippen LogP contribution is -2.35. The Morgan fingerprint density at radius 2 is 2.05 bits per heavy atom. The minimum Gasteiger partial charge on any atom is -0.476 e. The summed E-state index contributed by atoms with van der Waals surface area (Å²) in [4.78, 5) is 21.5. The quantitative estimate of drug-likeness (QED) is 0.907. The number of rotatable bonds is 2. The number of carboxylic acids is 1. The molecule has 0 amide bonds. The number of hydrogen-bond acceptors (Lipinski definition) is 4. The van der Waals surface area contributed by atoms with Crippen LogP contribution in [-0.4, -0.2) is 27.1 Å². The molecule has 20 heavy (non-hydrogen) atoms. The maximum Gasteiger partial charge on any atom is 0.358 e. The van der Waals surface area contributed by atoms with Crippen molar-refractivity contribution in [1.29, 1.82) is 0 Å². The number of fused-ring (bicyclic) bond motifs is 1. The Morgan fingerprint density at radius 3 is 2.85 bits per heavy atom. The molecule has 2 aromatic rings. The Kier molecular flexibility index (Phi) is 3.10. The van der Waals surface area contributed by atoms with Gasteiger partial charge in [-0.15, -0.1) is 0 Å². The zero-order chi connectivity index (χ0) is 14.1. The first-order chi connectivity index (χ1) is 9.68. The van der Waals surface area contributed by atoms with E-state index in [1.165, 1.54) is 18.0 Å². The van der Waals surface area contributed by atoms with Gasteiger partial charge >= 0.3 is 5.97 Å². The van der Waals surface area contributed by atoms with Crippen molar-refractivity contribution >= 4 is 17.5 Å². The van der Waals surface area contributed by atoms with Gasteiger partial charge in [0.25, 0.3) is 0 Å². The Hall–Kier alpha value is -2.43. The van der Waals surface area contributed by atoms with Gasteiger partial charge in [0.05, 0.1) is 0 Å². The summed E-state index contributed by atoms with van der Waals surface area (Å²) < 4.78 is 0. The highest BCUT2D eigenvalue weighted by Crippen LogP contribution is 2.36. The molecule has 0 bridgehead atoms. The highest BCUT2D eigenvalue weighted by Gasteiger charge is 2.28. The van der Waals surface area contributed by atoms with Crippen LogP contribution in [0.3, 0.4) is 0 Å². The lowest BCUT2D eigenvalue weighted by molar-refractivity contribution is 0.0691. The van der Waals surface area contributed by atoms with Crippen LogP contribution in [-0.2, 0) is 6.42 Å². The summed E-state index contributed by atoms with van der Waals surface area (Å²) in [6.45, 7) is 2.08. The van der Waals surface area contributed by atoms with Crippen LogP contribution >= 0.6 is 0 Å². The predicted octanol–water partition coefficient (Wildman–Crippen LogP) is 2.65. The fourth-order valence-electron chi connectivity index (χ4n) is 2.67. The topological polar surface area (TPSA) is 66.3 Å². The average molecular weight is 269 g/mol. The molecule has 0 fully saturated rings. The van der Waals surface area contributed by atoms with Crippen LogP contribution in [0.15, 0.2) is 36.7 Å². The van der Waals surface area contributed by atoms with E-state index in [-0.39, 0.29) is 11.7 Å². The molecular formula is C15H15N3O2. The van der Waals surface area contributed by atoms with Crippen molar-refractivity contribution in [2.24, 2.45) is 0 Å². The second-order valence-corrected chi connectivity index (χ2v) is 4.92. The number of aromatic carboxylic acids is 1. The number of aromatic nitrogens is 2. The number of hydrogen-bond donors (Lipinski definition) is 1. The first-order valence-corrected chi connectivity index (χ1v) is 6.60. The van der Waals surface area contributed by atoms with E-state index in [0.29, 0.717) is 5.82 Å². The molecule has 102 valence electrons. The van der Waals surface area contributed by atoms with E-state index in [4.69, 9.17) is 0 Å². The van der Waals surface area contributed by atoms with Crippen molar-refractivity contribution < 1.29 is 9.90 Å². The van der Waals surface area contributed by atoms with E-state index in [9.17, 15) is 9.90 Å². The zero-order valence-corrected chi connectivity index (χ0v) is 11.2. The van der Waals surface area contributed by atoms with Crippen molar-refractivity contribution in [2.45, 2.75) is 25.8 Å². The number of anilines is 2. The molecule has 1 aliphatic heterocycles. The summed E-state index contributed by atoms with van der Waals surface area (Å²) in [5.74, 6) is -0.636. The second kappa shape index (κ2) is 4.92. The average Bonchev–Trinajstić information content (AvgIpc) is 2.47. The van der Waals surface area contributed by atoms with Crippen molar-refractivity contribution in [3.63, 3.8) is 0 Å². The van der Waals surface area contributed by atoms with Crippen LogP contribution in [0.5, 0.6) is 0 Å². The molecule has 0 aliphatic carbocycles. The maximum absolute atomic E-state index is 11.4. The molecule has 5 heteroatoms. The largest absolute Gasteiger partial charge is 0.476 e. The van der Waals surface area contributed by atoms with E-state index in [2.05, 4.69) is 23.0 Å². The molecule has 1 unspecified atom stereocenters. The van der Waals surface area contributed by atoms with Crippen LogP contribution in [0.1, 0.15) is 29.4 Å². The third kappa shape index (κ3) is 2.01. The van der Waals surface area contributed by atoms with E-state index in [0.717, 1.165) is 18.5 Å². The van der Waals surface area contributed by atoms with Crippen LogP contribution in [0.25, 0.3) is 0 Å². The Balaban J connectivity index is 2.17. The van der Waals surface area contributed by atoms with Crippen molar-refractivity contribution in [3.05, 3.63) is 47.9 Å². The maximum atomic E-state index is 11.4. The molecule has 1 aromatic heterocycles. The minimum absolute atomic E-state index is 0.00365. The van der Waals surface area contributed by atoms with Gasteiger partial charge < -0.3 is 10.0 Å². The molecule has 1 aromatic carbocycles. The Labute approximate surface area is 116 Å². The molecule has 0 saturated heterocycles. The molecule has 1 N–H and O–H groups in total. The fraction of sp³-hybridized carbons (Fsp3) is 0.267. The number of carboxylic acid groups (broad SMARTS) is 1. The van der Waals surface area contributed by atoms with Gasteiger partial charge in [0.1, 0.15) is 0 Å². The third-order valence-electron chi connectivity index (χ3n) is 3.63. The molecule has 1 atom stereocenters. The summed E-state index contributed by atoms with van der Waals surface area (Å²) in [5.41, 5.74) is 2.23. The number of carbonyl (C=O) groups is 1. The van der Waals surface area contributed by atoms with Gasteiger partial charge in [-0.05, 0) is 31.4 Å². The van der Waals surface area contributed by atoms with Crippen LogP contribution in [0, 0.1) is 0 Å². The molecule has 2 heterocycles. The molecule has 3 rings (SSSR count). The Bertz CT molecular complexity index is 657. The zero-order valence-electron chi connectivity index (χ0n) is 11.2. The molecule has 0 saturated carbocycles. The van der Waals surface area contributed by atoms with E-state index in [1.54, 1.807) is 0 Å². The summed E-state index contributed by atoms with van der Waals surface area (Å²) in [5, 5.41) is 9.30. The highest BCUT2D eigenvalue weighted by atomic mass is 16.4. The van der Waals surface area contributed by atoms with Gasteiger partial charge in [-0.2, -0.15) is 0 Å². The highest BCUT2D eigenvalue weighted by molar-refractivity contribution is 5.92. The van der Waals surface area contributed by atoms with E-state index < -0.39 is 5.97 Å². The molecular weight excluding hydrogens is 254 g/mol. The lowest BCUT2D eigenvalue weighted by atomic mass is 9.96. The molecule has 1 aliphatic rings. The molecule has 0 radical (unpaired) electrons. The van der Waals surface area contributed by atoms with Crippen molar-refractivity contribution in [2.75, 3.05) is 4.90 Å². The normalized spacial score (nSPS) is 17.6. The summed E-state index contributed by atoms with van der Waals surface area (Å²) in [6, 6.07) is 8.23. The van der Waals surface area contributed by atoms with E-state index in [1.807, 2.05) is 23.1 Å². The summed E-state index contributed by atoms with van der Waals surface area (Å²) in [7, 11) is 0. The predicted molar refractivity (Wildman–Crippen MR) is 75.4 cm³/mol. The summed E-state index contributed by atoms with van der Waals surface area (Å²) >= 11 is 0. The van der Waals surface area contributed by atoms with Gasteiger partial charge in [0.15, 0.2) is 11.5 Å². The standard InChI is InChI=1S/C15H15N3O2/c1-10-6-7-11-4-2-3-5-12(11)18(10)14-13(15(19)20)16-8-9-17-14/h2-5,8-10H,6-7H2,1H3,(H,19,20). The molecule has 5 nitrogen and oxygen atoms in total. The van der Waals surface area contributed by atoms with Crippen LogP contribution in [0.2, 0.25) is 0 Å². The lowest BCUT2D eigenvalue weighted by Gasteiger charge is -2.36. The van der Waals surface area contributed by atoms with Gasteiger partial charge in [-0.3, -0.25) is 0 Å². The number of para-hydroxylation sites is 1. The van der Waals surface area contributed by atoms with Gasteiger partial charge in [-0.1, -0.05) is 18.2 Å². The number of benzene rings is 1. The number of nitrogens with zero attached hydrogens (tertiary/aromatic N) is 3. The van der Waals surface area contributed by atoms with Crippen molar-refractivity contribution in [3.8, 4) is 0 Å². The van der Waals surface area contributed by atoms with Gasteiger partial charge in [-0.25, -0.2) is 14.8 Å². The van der Waals surface area contributed by atoms with Crippen LogP contribution < -0.4 is 4.90 Å². The van der Waals surface area contributed by atoms with Crippen LogP contribution in [0.4, 0.5) is 11.5 Å². The SMILES string of the molecule is CC1CCc2ccccc2N1c1nccnc1C(=O)O. The summed E-state index contributed by atoms with van der Waals surface area (Å²) in [6.07, 6.45) is 4.91. The monoisotopic (exact) mass is 269 g/mol. The van der Waals surface area contributed by atoms with Gasteiger partial charge in [0, 0.05) is 24.1 Å². The second-order valence-electron chi connectivity index (χ2n) is 4.92. The first-order valence-electron chi connectivity index (χ1n) is 6.60. The molecule has 0 spiro atoms. The fourth-order valence-corrected chi connectivity index (χ4v) is 2.67. The Morgan fingerprint density at radius 1 is 1.30 bits per heavy atom.